The van der Waals surface area contributed by atoms with Crippen LogP contribution in [-0.2, 0) is 13.5 Å². The highest BCUT2D eigenvalue weighted by Gasteiger charge is 2.11. The molecule has 0 amide bonds. The van der Waals surface area contributed by atoms with Gasteiger partial charge < -0.3 is 9.67 Å². The van der Waals surface area contributed by atoms with Gasteiger partial charge >= 0.3 is 0 Å². The van der Waals surface area contributed by atoms with Crippen molar-refractivity contribution in [2.75, 3.05) is 0 Å². The van der Waals surface area contributed by atoms with Crippen LogP contribution in [0.25, 0.3) is 11.0 Å². The van der Waals surface area contributed by atoms with Crippen molar-refractivity contribution in [2.45, 2.75) is 20.3 Å². The summed E-state index contributed by atoms with van der Waals surface area (Å²) in [5.74, 6) is 1.90. The summed E-state index contributed by atoms with van der Waals surface area (Å²) < 4.78 is 1.98. The molecule has 0 fully saturated rings. The van der Waals surface area contributed by atoms with Crippen LogP contribution in [0.5, 0.6) is 5.75 Å². The predicted molar refractivity (Wildman–Crippen MR) is 60.9 cm³/mol. The van der Waals surface area contributed by atoms with Crippen LogP contribution in [-0.4, -0.2) is 14.7 Å². The Hall–Kier alpha value is -1.51. The van der Waals surface area contributed by atoms with Gasteiger partial charge in [-0.2, -0.15) is 0 Å². The Labute approximate surface area is 89.4 Å². The minimum atomic E-state index is 0.303. The first-order valence-corrected chi connectivity index (χ1v) is 5.23. The van der Waals surface area contributed by atoms with Crippen LogP contribution in [0.3, 0.4) is 0 Å². The van der Waals surface area contributed by atoms with E-state index in [-0.39, 0.29) is 0 Å². The molecule has 0 bridgehead atoms. The van der Waals surface area contributed by atoms with Gasteiger partial charge in [0.15, 0.2) is 0 Å². The molecule has 0 saturated carbocycles. The van der Waals surface area contributed by atoms with Gasteiger partial charge in [0.25, 0.3) is 0 Å². The van der Waals surface area contributed by atoms with E-state index in [2.05, 4.69) is 18.8 Å². The number of aromatic hydroxyl groups is 1. The van der Waals surface area contributed by atoms with Gasteiger partial charge in [0, 0.05) is 13.5 Å². The summed E-state index contributed by atoms with van der Waals surface area (Å²) in [6.07, 6.45) is 0.935. The molecule has 15 heavy (non-hydrogen) atoms. The Morgan fingerprint density at radius 1 is 1.40 bits per heavy atom. The summed E-state index contributed by atoms with van der Waals surface area (Å²) in [5.41, 5.74) is 1.70. The third-order valence-electron chi connectivity index (χ3n) is 2.56. The van der Waals surface area contributed by atoms with Gasteiger partial charge in [0.05, 0.1) is 5.52 Å². The van der Waals surface area contributed by atoms with E-state index >= 15 is 0 Å². The number of rotatable bonds is 2. The van der Waals surface area contributed by atoms with E-state index in [1.807, 2.05) is 23.7 Å². The Balaban J connectivity index is 2.59. The van der Waals surface area contributed by atoms with Crippen molar-refractivity contribution in [3.05, 3.63) is 24.0 Å². The molecule has 0 aliphatic carbocycles. The molecular weight excluding hydrogens is 188 g/mol. The summed E-state index contributed by atoms with van der Waals surface area (Å²) in [5, 5.41) is 9.74. The first kappa shape index (κ1) is 10.0. The second-order valence-electron chi connectivity index (χ2n) is 4.33. The molecule has 0 aliphatic heterocycles. The van der Waals surface area contributed by atoms with Crippen molar-refractivity contribution in [3.63, 3.8) is 0 Å². The molecule has 0 aliphatic rings. The van der Waals surface area contributed by atoms with Crippen molar-refractivity contribution in [3.8, 4) is 5.75 Å². The average Bonchev–Trinajstić information content (AvgIpc) is 2.44. The van der Waals surface area contributed by atoms with Gasteiger partial charge in [0.1, 0.15) is 17.1 Å². The molecule has 3 nitrogen and oxygen atoms in total. The van der Waals surface area contributed by atoms with Gasteiger partial charge in [-0.25, -0.2) is 4.98 Å². The van der Waals surface area contributed by atoms with Gasteiger partial charge in [-0.3, -0.25) is 0 Å². The average molecular weight is 204 g/mol. The van der Waals surface area contributed by atoms with E-state index < -0.39 is 0 Å². The highest BCUT2D eigenvalue weighted by atomic mass is 16.3. The molecule has 1 heterocycles. The fraction of sp³-hybridized carbons (Fsp3) is 0.417. The quantitative estimate of drug-likeness (QED) is 0.816. The van der Waals surface area contributed by atoms with E-state index in [4.69, 9.17) is 0 Å². The van der Waals surface area contributed by atoms with Gasteiger partial charge in [-0.05, 0) is 18.1 Å². The zero-order valence-corrected chi connectivity index (χ0v) is 9.36. The van der Waals surface area contributed by atoms with Crippen LogP contribution in [0, 0.1) is 5.92 Å². The second-order valence-corrected chi connectivity index (χ2v) is 4.33. The molecule has 0 unspecified atom stereocenters. The van der Waals surface area contributed by atoms with Crippen LogP contribution in [0.2, 0.25) is 0 Å². The monoisotopic (exact) mass is 204 g/mol. The maximum absolute atomic E-state index is 9.74. The number of para-hydroxylation sites is 1. The maximum atomic E-state index is 9.74. The molecule has 0 spiro atoms. The van der Waals surface area contributed by atoms with E-state index in [1.54, 1.807) is 6.07 Å². The third kappa shape index (κ3) is 1.69. The number of aryl methyl sites for hydroxylation is 1. The lowest BCUT2D eigenvalue weighted by Crippen LogP contribution is -2.02. The van der Waals surface area contributed by atoms with Crippen molar-refractivity contribution in [1.82, 2.24) is 9.55 Å². The molecule has 1 N–H and O–H groups in total. The third-order valence-corrected chi connectivity index (χ3v) is 2.56. The molecule has 2 rings (SSSR count). The topological polar surface area (TPSA) is 38.1 Å². The van der Waals surface area contributed by atoms with E-state index in [0.717, 1.165) is 23.3 Å². The Bertz CT molecular complexity index is 486. The lowest BCUT2D eigenvalue weighted by Gasteiger charge is -2.05. The SMILES string of the molecule is CC(C)Cc1nc2cccc(O)c2n1C. The van der Waals surface area contributed by atoms with E-state index in [1.165, 1.54) is 0 Å². The standard InChI is InChI=1S/C12H16N2O/c1-8(2)7-11-13-9-5-4-6-10(15)12(9)14(11)3/h4-6,8,15H,7H2,1-3H3. The van der Waals surface area contributed by atoms with Crippen LogP contribution >= 0.6 is 0 Å². The number of aromatic nitrogens is 2. The fourth-order valence-corrected chi connectivity index (χ4v) is 1.84. The van der Waals surface area contributed by atoms with Gasteiger partial charge in [-0.15, -0.1) is 0 Å². The largest absolute Gasteiger partial charge is 0.506 e. The molecule has 80 valence electrons. The normalized spacial score (nSPS) is 11.5. The Morgan fingerprint density at radius 2 is 2.13 bits per heavy atom. The number of phenols is 1. The first-order valence-electron chi connectivity index (χ1n) is 5.23. The van der Waals surface area contributed by atoms with Gasteiger partial charge in [-0.1, -0.05) is 19.9 Å². The van der Waals surface area contributed by atoms with Crippen LogP contribution in [0.15, 0.2) is 18.2 Å². The first-order chi connectivity index (χ1) is 7.09. The summed E-state index contributed by atoms with van der Waals surface area (Å²) in [6, 6.07) is 5.45. The van der Waals surface area contributed by atoms with Crippen LogP contribution < -0.4 is 0 Å². The molecule has 1 aromatic heterocycles. The molecule has 2 aromatic rings. The van der Waals surface area contributed by atoms with Crippen LogP contribution in [0.4, 0.5) is 0 Å². The summed E-state index contributed by atoms with van der Waals surface area (Å²) in [7, 11) is 1.95. The molecule has 0 saturated heterocycles. The van der Waals surface area contributed by atoms with E-state index in [0.29, 0.717) is 11.7 Å². The highest BCUT2D eigenvalue weighted by molar-refractivity contribution is 5.82. The summed E-state index contributed by atoms with van der Waals surface area (Å²) in [4.78, 5) is 4.52. The number of nitrogens with zero attached hydrogens (tertiary/aromatic N) is 2. The van der Waals surface area contributed by atoms with Crippen molar-refractivity contribution in [1.29, 1.82) is 0 Å². The Morgan fingerprint density at radius 3 is 2.73 bits per heavy atom. The molecule has 0 radical (unpaired) electrons. The van der Waals surface area contributed by atoms with Crippen molar-refractivity contribution < 1.29 is 5.11 Å². The number of phenolic OH excluding ortho intramolecular Hbond substituents is 1. The number of hydrogen-bond acceptors (Lipinski definition) is 2. The minimum Gasteiger partial charge on any atom is -0.506 e. The zero-order chi connectivity index (χ0) is 11.0. The summed E-state index contributed by atoms with van der Waals surface area (Å²) in [6.45, 7) is 4.33. The maximum Gasteiger partial charge on any atom is 0.141 e. The van der Waals surface area contributed by atoms with Crippen LogP contribution in [0.1, 0.15) is 19.7 Å². The molecule has 1 aromatic carbocycles. The number of hydrogen-bond donors (Lipinski definition) is 1. The smallest absolute Gasteiger partial charge is 0.141 e. The lowest BCUT2D eigenvalue weighted by atomic mass is 10.1. The predicted octanol–water partition coefficient (Wildman–Crippen LogP) is 2.48. The summed E-state index contributed by atoms with van der Waals surface area (Å²) >= 11 is 0. The number of benzene rings is 1. The fourth-order valence-electron chi connectivity index (χ4n) is 1.84. The number of fused-ring (bicyclic) bond motifs is 1. The Kier molecular flexibility index (Phi) is 2.39. The highest BCUT2D eigenvalue weighted by Crippen LogP contribution is 2.25. The molecule has 0 atom stereocenters. The van der Waals surface area contributed by atoms with E-state index in [9.17, 15) is 5.11 Å². The van der Waals surface area contributed by atoms with Crippen molar-refractivity contribution in [2.24, 2.45) is 13.0 Å². The number of imidazole rings is 1. The molecule has 3 heteroatoms. The van der Waals surface area contributed by atoms with Crippen molar-refractivity contribution >= 4 is 11.0 Å². The molecular formula is C12H16N2O. The zero-order valence-electron chi connectivity index (χ0n) is 9.36. The second kappa shape index (κ2) is 3.57. The van der Waals surface area contributed by atoms with Gasteiger partial charge in [0.2, 0.25) is 0 Å². The minimum absolute atomic E-state index is 0.303. The lowest BCUT2D eigenvalue weighted by molar-refractivity contribution is 0.478.